The van der Waals surface area contributed by atoms with E-state index in [1.165, 1.54) is 0 Å². The molecule has 0 bridgehead atoms. The molecule has 18 nitrogen and oxygen atoms in total. The van der Waals surface area contributed by atoms with Crippen molar-refractivity contribution in [2.24, 2.45) is 112 Å². The highest BCUT2D eigenvalue weighted by Gasteiger charge is 2.37. The average molecular weight is 1100 g/mol. The molecule has 9 N–H and O–H groups in total. The second-order valence-corrected chi connectivity index (χ2v) is 24.3. The molecule has 0 amide bonds. The van der Waals surface area contributed by atoms with Crippen LogP contribution in [0.1, 0.15) is 205 Å². The number of aliphatic carboxylic acids is 9. The molecule has 0 aromatic carbocycles. The molecule has 0 aromatic rings. The molecular formula is C59H102O18. The minimum Gasteiger partial charge on any atom is -0.481 e. The number of carbonyl (C=O) groups is 9. The summed E-state index contributed by atoms with van der Waals surface area (Å²) in [5, 5.41) is 90.9. The predicted octanol–water partition coefficient (Wildman–Crippen LogP) is 12.1. The van der Waals surface area contributed by atoms with Crippen molar-refractivity contribution in [1.82, 2.24) is 0 Å². The topological polar surface area (TPSA) is 336 Å². The quantitative estimate of drug-likeness (QED) is 0.0273. The third-order valence-electron chi connectivity index (χ3n) is 18.3. The van der Waals surface area contributed by atoms with Gasteiger partial charge in [0.15, 0.2) is 0 Å². The second kappa shape index (κ2) is 36.4. The molecule has 18 heteroatoms. The van der Waals surface area contributed by atoms with Crippen LogP contribution in [0.3, 0.4) is 0 Å². The normalized spacial score (nSPS) is 19.0. The van der Waals surface area contributed by atoms with Crippen LogP contribution in [-0.4, -0.2) is 99.7 Å². The molecule has 18 unspecified atom stereocenters. The molecule has 0 radical (unpaired) electrons. The summed E-state index contributed by atoms with van der Waals surface area (Å²) in [4.78, 5) is 111. The number of carboxylic acids is 9. The highest BCUT2D eigenvalue weighted by Crippen LogP contribution is 2.37. The summed E-state index contributed by atoms with van der Waals surface area (Å²) in [6.07, 6.45) is 5.87. The molecule has 0 aliphatic carbocycles. The zero-order valence-corrected chi connectivity index (χ0v) is 48.6. The Bertz CT molecular complexity index is 1850. The highest BCUT2D eigenvalue weighted by molar-refractivity contribution is 5.74. The van der Waals surface area contributed by atoms with Gasteiger partial charge in [-0.25, -0.2) is 0 Å². The van der Waals surface area contributed by atoms with Crippen molar-refractivity contribution in [2.45, 2.75) is 205 Å². The summed E-state index contributed by atoms with van der Waals surface area (Å²) in [5.41, 5.74) is 0. The Morgan fingerprint density at radius 2 is 0.351 bits per heavy atom. The van der Waals surface area contributed by atoms with E-state index in [0.29, 0.717) is 31.6 Å². The number of rotatable bonds is 46. The molecule has 0 aliphatic heterocycles. The van der Waals surface area contributed by atoms with Crippen molar-refractivity contribution in [3.63, 3.8) is 0 Å². The molecule has 446 valence electrons. The van der Waals surface area contributed by atoms with E-state index in [9.17, 15) is 89.1 Å². The van der Waals surface area contributed by atoms with Gasteiger partial charge in [0.1, 0.15) is 0 Å². The largest absolute Gasteiger partial charge is 0.481 e. The fourth-order valence-electron chi connectivity index (χ4n) is 11.8. The first kappa shape index (κ1) is 72.2. The van der Waals surface area contributed by atoms with Crippen molar-refractivity contribution < 1.29 is 89.1 Å². The summed E-state index contributed by atoms with van der Waals surface area (Å²) >= 11 is 0. The molecule has 0 heterocycles. The SMILES string of the molecule is CCC(C)CCC(C(=O)O)C(C)CCC(C(=O)O)C(C)CCC(C(=O)O)C(C)CCC(C(=O)O)C(C)CCC(C(=O)O)C(C)CCC(C(=O)O)C(C)CCC(C(=O)O)C(C)CCC(C(=O)O)C(C)CCC(C(=O)O)C(C)C. The Morgan fingerprint density at radius 1 is 0.221 bits per heavy atom. The standard InChI is InChI=1S/C59H102O18/c1-13-33(4)14-23-43(52(62)63)35(6)16-25-45(54(66)67)37(8)18-27-47(56(70)71)39(10)20-29-49(58(74)75)41(12)22-31-50(59(76)77)40(11)21-30-48(57(72)73)38(9)19-28-46(55(68)69)36(7)17-26-44(53(64)65)34(5)15-24-42(32(2)3)51(60)61/h32-50H,13-31H2,1-12H3,(H,60,61)(H,62,63)(H,64,65)(H,66,67)(H,68,69)(H,70,71)(H,72,73)(H,74,75)(H,76,77). The van der Waals surface area contributed by atoms with E-state index in [4.69, 9.17) is 0 Å². The van der Waals surface area contributed by atoms with E-state index in [0.717, 1.165) is 12.8 Å². The molecule has 0 fully saturated rings. The molecule has 0 spiro atoms. The van der Waals surface area contributed by atoms with Gasteiger partial charge in [0.2, 0.25) is 0 Å². The maximum Gasteiger partial charge on any atom is 0.306 e. The van der Waals surface area contributed by atoms with Gasteiger partial charge in [-0.1, -0.05) is 89.5 Å². The minimum atomic E-state index is -1.11. The lowest BCUT2D eigenvalue weighted by Crippen LogP contribution is -2.29. The van der Waals surface area contributed by atoms with Crippen LogP contribution in [0.4, 0.5) is 0 Å². The Labute approximate surface area is 459 Å². The fraction of sp³-hybridized carbons (Fsp3) is 0.847. The number of hydrogen-bond donors (Lipinski definition) is 9. The van der Waals surface area contributed by atoms with Crippen molar-refractivity contribution in [3.8, 4) is 0 Å². The molecular weight excluding hydrogens is 997 g/mol. The van der Waals surface area contributed by atoms with Gasteiger partial charge in [-0.3, -0.25) is 43.2 Å². The van der Waals surface area contributed by atoms with Gasteiger partial charge in [0, 0.05) is 0 Å². The Morgan fingerprint density at radius 3 is 0.468 bits per heavy atom. The van der Waals surface area contributed by atoms with E-state index >= 15 is 0 Å². The fourth-order valence-corrected chi connectivity index (χ4v) is 11.8. The number of carboxylic acid groups (broad SMARTS) is 9. The lowest BCUT2D eigenvalue weighted by Gasteiger charge is -2.28. The summed E-state index contributed by atoms with van der Waals surface area (Å²) in [6.45, 7) is 21.7. The average Bonchev–Trinajstić information content (AvgIpc) is 3.30. The molecule has 0 aliphatic rings. The molecule has 18 atom stereocenters. The smallest absolute Gasteiger partial charge is 0.306 e. The molecule has 0 rings (SSSR count). The first-order valence-corrected chi connectivity index (χ1v) is 28.8. The van der Waals surface area contributed by atoms with Crippen LogP contribution in [0.5, 0.6) is 0 Å². The highest BCUT2D eigenvalue weighted by atomic mass is 16.4. The monoisotopic (exact) mass is 1100 g/mol. The van der Waals surface area contributed by atoms with Crippen molar-refractivity contribution in [2.75, 3.05) is 0 Å². The maximum absolute atomic E-state index is 12.6. The van der Waals surface area contributed by atoms with Gasteiger partial charge in [-0.15, -0.1) is 0 Å². The zero-order valence-electron chi connectivity index (χ0n) is 48.6. The van der Waals surface area contributed by atoms with Crippen LogP contribution in [-0.2, 0) is 43.2 Å². The summed E-state index contributed by atoms with van der Waals surface area (Å²) in [6, 6.07) is 0. The maximum atomic E-state index is 12.6. The minimum absolute atomic E-state index is 0.110. The van der Waals surface area contributed by atoms with Crippen molar-refractivity contribution in [1.29, 1.82) is 0 Å². The van der Waals surface area contributed by atoms with Crippen LogP contribution in [0.15, 0.2) is 0 Å². The van der Waals surface area contributed by atoms with Crippen LogP contribution in [0.25, 0.3) is 0 Å². The van der Waals surface area contributed by atoms with Crippen molar-refractivity contribution in [3.05, 3.63) is 0 Å². The predicted molar refractivity (Wildman–Crippen MR) is 291 cm³/mol. The third kappa shape index (κ3) is 26.2. The molecule has 0 saturated heterocycles. The zero-order chi connectivity index (χ0) is 59.6. The second-order valence-electron chi connectivity index (χ2n) is 24.3. The van der Waals surface area contributed by atoms with Gasteiger partial charge >= 0.3 is 53.7 Å². The first-order valence-electron chi connectivity index (χ1n) is 28.8. The van der Waals surface area contributed by atoms with Crippen LogP contribution >= 0.6 is 0 Å². The van der Waals surface area contributed by atoms with Gasteiger partial charge in [0.05, 0.1) is 53.3 Å². The van der Waals surface area contributed by atoms with E-state index in [-0.39, 0.29) is 101 Å². The molecule has 0 saturated carbocycles. The van der Waals surface area contributed by atoms with Crippen LogP contribution in [0, 0.1) is 112 Å². The van der Waals surface area contributed by atoms with Crippen LogP contribution < -0.4 is 0 Å². The Balaban J connectivity index is 5.63. The van der Waals surface area contributed by atoms with Crippen molar-refractivity contribution >= 4 is 53.7 Å². The first-order chi connectivity index (χ1) is 35.7. The lowest BCUT2D eigenvalue weighted by atomic mass is 9.76. The van der Waals surface area contributed by atoms with E-state index < -0.39 is 142 Å². The number of hydrogen-bond acceptors (Lipinski definition) is 9. The summed E-state index contributed by atoms with van der Waals surface area (Å²) < 4.78 is 0. The Hall–Kier alpha value is -4.77. The molecule has 77 heavy (non-hydrogen) atoms. The van der Waals surface area contributed by atoms with Gasteiger partial charge < -0.3 is 46.0 Å². The van der Waals surface area contributed by atoms with Gasteiger partial charge in [-0.05, 0) is 175 Å². The van der Waals surface area contributed by atoms with Gasteiger partial charge in [0.25, 0.3) is 0 Å². The van der Waals surface area contributed by atoms with Crippen LogP contribution in [0.2, 0.25) is 0 Å². The molecule has 0 aromatic heterocycles. The van der Waals surface area contributed by atoms with E-state index in [1.54, 1.807) is 62.3 Å². The summed E-state index contributed by atoms with van der Waals surface area (Å²) in [7, 11) is 0. The van der Waals surface area contributed by atoms with E-state index in [2.05, 4.69) is 6.92 Å². The summed E-state index contributed by atoms with van der Waals surface area (Å²) in [5.74, 6) is -19.8. The van der Waals surface area contributed by atoms with Gasteiger partial charge in [-0.2, -0.15) is 0 Å². The Kier molecular flexibility index (Phi) is 34.2. The van der Waals surface area contributed by atoms with E-state index in [1.807, 2.05) is 13.8 Å². The lowest BCUT2D eigenvalue weighted by molar-refractivity contribution is -0.147. The third-order valence-corrected chi connectivity index (χ3v) is 18.3.